The summed E-state index contributed by atoms with van der Waals surface area (Å²) in [6.07, 6.45) is 4.38. The summed E-state index contributed by atoms with van der Waals surface area (Å²) in [5.41, 5.74) is 5.17. The predicted molar refractivity (Wildman–Crippen MR) is 116 cm³/mol. The first-order valence-electron chi connectivity index (χ1n) is 10.3. The number of aliphatic hydroxyl groups excluding tert-OH is 1. The summed E-state index contributed by atoms with van der Waals surface area (Å²) in [6.45, 7) is 2.88. The normalized spacial score (nSPS) is 14.7. The molecule has 1 aliphatic rings. The Hall–Kier alpha value is -3.09. The zero-order chi connectivity index (χ0) is 20.8. The third-order valence-corrected chi connectivity index (χ3v) is 5.48. The van der Waals surface area contributed by atoms with Crippen LogP contribution < -0.4 is 5.32 Å². The standard InChI is InChI=1S/C24H26N4O2/c29-23(17-28-13-10-18-4-1-2-5-22(18)16-28)9-11-25-24(30)20-7-3-6-19(14-20)21-8-12-26-27-15-21/h1-8,12,14-15,23,29H,9-11,13,16-17H2,(H,25,30). The van der Waals surface area contributed by atoms with Crippen LogP contribution in [0.25, 0.3) is 11.1 Å². The number of hydrogen-bond donors (Lipinski definition) is 2. The predicted octanol–water partition coefficient (Wildman–Crippen LogP) is 2.68. The van der Waals surface area contributed by atoms with Gasteiger partial charge in [-0.3, -0.25) is 9.69 Å². The number of carbonyl (C=O) groups is 1. The van der Waals surface area contributed by atoms with Crippen molar-refractivity contribution in [3.05, 3.63) is 83.7 Å². The van der Waals surface area contributed by atoms with Crippen LogP contribution in [0, 0.1) is 0 Å². The number of amides is 1. The highest BCUT2D eigenvalue weighted by Crippen LogP contribution is 2.20. The number of nitrogens with one attached hydrogen (secondary N) is 1. The molecule has 0 bridgehead atoms. The maximum absolute atomic E-state index is 12.5. The zero-order valence-corrected chi connectivity index (χ0v) is 16.9. The Balaban J connectivity index is 1.25. The lowest BCUT2D eigenvalue weighted by molar-refractivity contribution is 0.0892. The fourth-order valence-corrected chi connectivity index (χ4v) is 3.86. The molecule has 1 amide bonds. The largest absolute Gasteiger partial charge is 0.392 e. The van der Waals surface area contributed by atoms with Gasteiger partial charge in [0.2, 0.25) is 0 Å². The van der Waals surface area contributed by atoms with Crippen molar-refractivity contribution in [2.24, 2.45) is 0 Å². The van der Waals surface area contributed by atoms with Gasteiger partial charge in [-0.1, -0.05) is 36.4 Å². The summed E-state index contributed by atoms with van der Waals surface area (Å²) < 4.78 is 0. The van der Waals surface area contributed by atoms with Crippen LogP contribution in [0.2, 0.25) is 0 Å². The van der Waals surface area contributed by atoms with Crippen molar-refractivity contribution in [2.45, 2.75) is 25.5 Å². The highest BCUT2D eigenvalue weighted by molar-refractivity contribution is 5.95. The molecule has 3 aromatic rings. The van der Waals surface area contributed by atoms with E-state index in [4.69, 9.17) is 0 Å². The van der Waals surface area contributed by atoms with Crippen LogP contribution in [0.3, 0.4) is 0 Å². The number of rotatable bonds is 7. The lowest BCUT2D eigenvalue weighted by atomic mass is 9.99. The van der Waals surface area contributed by atoms with Crippen LogP contribution in [-0.2, 0) is 13.0 Å². The van der Waals surface area contributed by atoms with E-state index in [1.165, 1.54) is 11.1 Å². The molecule has 1 atom stereocenters. The molecule has 2 aromatic carbocycles. The monoisotopic (exact) mass is 402 g/mol. The van der Waals surface area contributed by atoms with E-state index in [1.807, 2.05) is 24.3 Å². The fourth-order valence-electron chi connectivity index (χ4n) is 3.86. The molecule has 2 N–H and O–H groups in total. The summed E-state index contributed by atoms with van der Waals surface area (Å²) in [4.78, 5) is 14.8. The molecule has 6 nitrogen and oxygen atoms in total. The lowest BCUT2D eigenvalue weighted by Gasteiger charge is -2.30. The van der Waals surface area contributed by atoms with Crippen molar-refractivity contribution < 1.29 is 9.90 Å². The van der Waals surface area contributed by atoms with Gasteiger partial charge in [0.05, 0.1) is 18.5 Å². The summed E-state index contributed by atoms with van der Waals surface area (Å²) in [7, 11) is 0. The number of benzene rings is 2. The molecule has 30 heavy (non-hydrogen) atoms. The van der Waals surface area contributed by atoms with Crippen molar-refractivity contribution >= 4 is 5.91 Å². The van der Waals surface area contributed by atoms with Gasteiger partial charge < -0.3 is 10.4 Å². The quantitative estimate of drug-likeness (QED) is 0.635. The second kappa shape index (κ2) is 9.61. The van der Waals surface area contributed by atoms with Crippen LogP contribution in [0.5, 0.6) is 0 Å². The summed E-state index contributed by atoms with van der Waals surface area (Å²) in [6, 6.07) is 17.8. The fraction of sp³-hybridized carbons (Fsp3) is 0.292. The topological polar surface area (TPSA) is 78.4 Å². The molecule has 0 saturated carbocycles. The Morgan fingerprint density at radius 1 is 1.07 bits per heavy atom. The molecule has 6 heteroatoms. The Labute approximate surface area is 176 Å². The SMILES string of the molecule is O=C(NCCC(O)CN1CCc2ccccc2C1)c1cccc(-c2ccnnc2)c1. The van der Waals surface area contributed by atoms with Gasteiger partial charge in [-0.05, 0) is 47.7 Å². The van der Waals surface area contributed by atoms with Gasteiger partial charge >= 0.3 is 0 Å². The van der Waals surface area contributed by atoms with E-state index in [0.717, 1.165) is 30.6 Å². The number of fused-ring (bicyclic) bond motifs is 1. The minimum Gasteiger partial charge on any atom is -0.392 e. The molecule has 0 fully saturated rings. The molecule has 1 unspecified atom stereocenters. The van der Waals surface area contributed by atoms with Gasteiger partial charge in [0.1, 0.15) is 0 Å². The van der Waals surface area contributed by atoms with Gasteiger partial charge in [-0.25, -0.2) is 0 Å². The first-order chi connectivity index (χ1) is 14.7. The Morgan fingerprint density at radius 3 is 2.77 bits per heavy atom. The molecule has 0 radical (unpaired) electrons. The average molecular weight is 402 g/mol. The van der Waals surface area contributed by atoms with E-state index in [1.54, 1.807) is 18.5 Å². The number of aromatic nitrogens is 2. The summed E-state index contributed by atoms with van der Waals surface area (Å²) >= 11 is 0. The maximum atomic E-state index is 12.5. The number of aliphatic hydroxyl groups is 1. The minimum absolute atomic E-state index is 0.141. The highest BCUT2D eigenvalue weighted by Gasteiger charge is 2.18. The molecule has 154 valence electrons. The van der Waals surface area contributed by atoms with Crippen LogP contribution in [0.15, 0.2) is 67.0 Å². The van der Waals surface area contributed by atoms with Crippen molar-refractivity contribution in [3.8, 4) is 11.1 Å². The third kappa shape index (κ3) is 5.09. The van der Waals surface area contributed by atoms with Gasteiger partial charge in [0, 0.05) is 37.3 Å². The second-order valence-corrected chi connectivity index (χ2v) is 7.66. The van der Waals surface area contributed by atoms with Crippen molar-refractivity contribution in [2.75, 3.05) is 19.6 Å². The lowest BCUT2D eigenvalue weighted by Crippen LogP contribution is -2.38. The average Bonchev–Trinajstić information content (AvgIpc) is 2.79. The number of nitrogens with zero attached hydrogens (tertiary/aromatic N) is 3. The Kier molecular flexibility index (Phi) is 6.47. The van der Waals surface area contributed by atoms with Crippen molar-refractivity contribution in [1.82, 2.24) is 20.4 Å². The Morgan fingerprint density at radius 2 is 1.93 bits per heavy atom. The first kappa shape index (κ1) is 20.2. The van der Waals surface area contributed by atoms with Gasteiger partial charge in [0.15, 0.2) is 0 Å². The van der Waals surface area contributed by atoms with Gasteiger partial charge in [-0.2, -0.15) is 10.2 Å². The second-order valence-electron chi connectivity index (χ2n) is 7.66. The molecular weight excluding hydrogens is 376 g/mol. The Bertz CT molecular complexity index is 993. The van der Waals surface area contributed by atoms with E-state index in [-0.39, 0.29) is 5.91 Å². The van der Waals surface area contributed by atoms with E-state index < -0.39 is 6.10 Å². The number of β-amino-alcohol motifs (C(OH)–C–C–N with tert-alkyl or cyclic N) is 1. The van der Waals surface area contributed by atoms with Crippen molar-refractivity contribution in [1.29, 1.82) is 0 Å². The number of hydrogen-bond acceptors (Lipinski definition) is 5. The summed E-state index contributed by atoms with van der Waals surface area (Å²) in [5.74, 6) is -0.141. The summed E-state index contributed by atoms with van der Waals surface area (Å²) in [5, 5.41) is 21.0. The third-order valence-electron chi connectivity index (χ3n) is 5.48. The molecule has 4 rings (SSSR count). The van der Waals surface area contributed by atoms with E-state index >= 15 is 0 Å². The van der Waals surface area contributed by atoms with Crippen LogP contribution in [0.1, 0.15) is 27.9 Å². The van der Waals surface area contributed by atoms with Gasteiger partial charge in [0.25, 0.3) is 5.91 Å². The first-order valence-corrected chi connectivity index (χ1v) is 10.3. The van der Waals surface area contributed by atoms with Crippen LogP contribution in [0.4, 0.5) is 0 Å². The highest BCUT2D eigenvalue weighted by atomic mass is 16.3. The molecular formula is C24H26N4O2. The zero-order valence-electron chi connectivity index (χ0n) is 16.9. The van der Waals surface area contributed by atoms with Gasteiger partial charge in [-0.15, -0.1) is 0 Å². The molecule has 0 aliphatic carbocycles. The van der Waals surface area contributed by atoms with Crippen LogP contribution >= 0.6 is 0 Å². The molecule has 0 saturated heterocycles. The molecule has 0 spiro atoms. The van der Waals surface area contributed by atoms with Crippen LogP contribution in [-0.4, -0.2) is 51.8 Å². The molecule has 1 aliphatic heterocycles. The molecule has 2 heterocycles. The van der Waals surface area contributed by atoms with E-state index in [2.05, 4.69) is 44.7 Å². The minimum atomic E-state index is -0.468. The molecule has 1 aromatic heterocycles. The van der Waals surface area contributed by atoms with E-state index in [0.29, 0.717) is 25.1 Å². The van der Waals surface area contributed by atoms with E-state index in [9.17, 15) is 9.90 Å². The van der Waals surface area contributed by atoms with Crippen molar-refractivity contribution in [3.63, 3.8) is 0 Å². The maximum Gasteiger partial charge on any atom is 0.251 e. The smallest absolute Gasteiger partial charge is 0.251 e. The number of carbonyl (C=O) groups excluding carboxylic acids is 1.